The highest BCUT2D eigenvalue weighted by atomic mass is 35.5. The van der Waals surface area contributed by atoms with Crippen LogP contribution in [0.2, 0.25) is 5.02 Å². The van der Waals surface area contributed by atoms with Gasteiger partial charge in [0.25, 0.3) is 5.91 Å². The van der Waals surface area contributed by atoms with E-state index >= 15 is 0 Å². The van der Waals surface area contributed by atoms with Crippen LogP contribution in [0.3, 0.4) is 0 Å². The summed E-state index contributed by atoms with van der Waals surface area (Å²) in [5, 5.41) is 6.27. The number of anilines is 2. The van der Waals surface area contributed by atoms with Crippen LogP contribution in [0.4, 0.5) is 11.4 Å². The van der Waals surface area contributed by atoms with Gasteiger partial charge in [0.05, 0.1) is 0 Å². The molecule has 0 aliphatic rings. The molecule has 0 aliphatic heterocycles. The Labute approximate surface area is 181 Å². The Bertz CT molecular complexity index is 974. The van der Waals surface area contributed by atoms with E-state index in [1.807, 2.05) is 30.3 Å². The van der Waals surface area contributed by atoms with E-state index in [4.69, 9.17) is 16.3 Å². The van der Waals surface area contributed by atoms with Crippen LogP contribution in [0.15, 0.2) is 78.9 Å². The van der Waals surface area contributed by atoms with Crippen molar-refractivity contribution in [2.24, 2.45) is 0 Å². The Morgan fingerprint density at radius 2 is 1.47 bits per heavy atom. The largest absolute Gasteiger partial charge is 0.481 e. The second-order valence-electron chi connectivity index (χ2n) is 6.81. The van der Waals surface area contributed by atoms with Crippen molar-refractivity contribution in [2.75, 3.05) is 10.6 Å². The molecule has 0 saturated heterocycles. The van der Waals surface area contributed by atoms with E-state index in [-0.39, 0.29) is 11.8 Å². The fraction of sp³-hybridized carbons (Fsp3) is 0.167. The molecule has 5 nitrogen and oxygen atoms in total. The van der Waals surface area contributed by atoms with Gasteiger partial charge >= 0.3 is 0 Å². The van der Waals surface area contributed by atoms with Gasteiger partial charge < -0.3 is 15.4 Å². The number of nitrogens with one attached hydrogen (secondary N) is 2. The second-order valence-corrected chi connectivity index (χ2v) is 7.25. The molecule has 2 N–H and O–H groups in total. The standard InChI is InChI=1S/C24H23ClN2O3/c1-17(30-22-14-8-19(25)9-15-22)24(29)27-21-12-10-20(11-13-21)26-23(28)16-7-18-5-3-2-4-6-18/h2-6,8-15,17H,7,16H2,1H3,(H,26,28)(H,27,29). The average Bonchev–Trinajstić information content (AvgIpc) is 2.76. The summed E-state index contributed by atoms with van der Waals surface area (Å²) in [4.78, 5) is 24.5. The molecule has 3 aromatic rings. The van der Waals surface area contributed by atoms with Crippen molar-refractivity contribution in [1.29, 1.82) is 0 Å². The van der Waals surface area contributed by atoms with E-state index in [2.05, 4.69) is 10.6 Å². The molecule has 1 atom stereocenters. The summed E-state index contributed by atoms with van der Waals surface area (Å²) in [6, 6.07) is 23.7. The molecular formula is C24H23ClN2O3. The summed E-state index contributed by atoms with van der Waals surface area (Å²) in [5.41, 5.74) is 2.42. The van der Waals surface area contributed by atoms with Crippen LogP contribution in [0.25, 0.3) is 0 Å². The number of hydrogen-bond donors (Lipinski definition) is 2. The van der Waals surface area contributed by atoms with E-state index in [0.29, 0.717) is 35.0 Å². The van der Waals surface area contributed by atoms with Crippen molar-refractivity contribution in [3.8, 4) is 5.75 Å². The fourth-order valence-corrected chi connectivity index (χ4v) is 2.90. The summed E-state index contributed by atoms with van der Waals surface area (Å²) in [7, 11) is 0. The number of halogens is 1. The molecule has 1 unspecified atom stereocenters. The third kappa shape index (κ3) is 6.64. The minimum absolute atomic E-state index is 0.0550. The molecule has 0 saturated carbocycles. The maximum atomic E-state index is 12.3. The maximum Gasteiger partial charge on any atom is 0.265 e. The lowest BCUT2D eigenvalue weighted by Gasteiger charge is -2.15. The first kappa shape index (κ1) is 21.4. The van der Waals surface area contributed by atoms with E-state index in [9.17, 15) is 9.59 Å². The highest BCUT2D eigenvalue weighted by molar-refractivity contribution is 6.30. The Hall–Kier alpha value is -3.31. The van der Waals surface area contributed by atoms with Gasteiger partial charge in [0, 0.05) is 22.8 Å². The smallest absolute Gasteiger partial charge is 0.265 e. The Morgan fingerprint density at radius 1 is 0.867 bits per heavy atom. The van der Waals surface area contributed by atoms with Crippen LogP contribution >= 0.6 is 11.6 Å². The third-order valence-electron chi connectivity index (χ3n) is 4.42. The zero-order chi connectivity index (χ0) is 21.3. The molecule has 30 heavy (non-hydrogen) atoms. The number of carbonyl (C=O) groups is 2. The van der Waals surface area contributed by atoms with Crippen molar-refractivity contribution in [2.45, 2.75) is 25.9 Å². The number of amides is 2. The summed E-state index contributed by atoms with van der Waals surface area (Å²) >= 11 is 5.85. The molecule has 154 valence electrons. The molecule has 2 amide bonds. The van der Waals surface area contributed by atoms with Gasteiger partial charge in [0.2, 0.25) is 5.91 Å². The van der Waals surface area contributed by atoms with Crippen molar-refractivity contribution in [1.82, 2.24) is 0 Å². The van der Waals surface area contributed by atoms with Crippen molar-refractivity contribution < 1.29 is 14.3 Å². The van der Waals surface area contributed by atoms with Gasteiger partial charge in [-0.05, 0) is 67.4 Å². The molecule has 0 fully saturated rings. The summed E-state index contributed by atoms with van der Waals surface area (Å²) < 4.78 is 5.62. The minimum atomic E-state index is -0.677. The molecule has 0 heterocycles. The molecule has 0 radical (unpaired) electrons. The zero-order valence-electron chi connectivity index (χ0n) is 16.6. The molecule has 6 heteroatoms. The quantitative estimate of drug-likeness (QED) is 0.516. The molecule has 0 aliphatic carbocycles. The van der Waals surface area contributed by atoms with Crippen LogP contribution < -0.4 is 15.4 Å². The van der Waals surface area contributed by atoms with Crippen molar-refractivity contribution in [3.05, 3.63) is 89.4 Å². The van der Waals surface area contributed by atoms with E-state index in [1.54, 1.807) is 55.5 Å². The maximum absolute atomic E-state index is 12.3. The number of rotatable bonds is 8. The van der Waals surface area contributed by atoms with E-state index in [0.717, 1.165) is 5.56 Å². The van der Waals surface area contributed by atoms with Crippen LogP contribution in [0, 0.1) is 0 Å². The van der Waals surface area contributed by atoms with Gasteiger partial charge in [0.15, 0.2) is 6.10 Å². The lowest BCUT2D eigenvalue weighted by atomic mass is 10.1. The van der Waals surface area contributed by atoms with Gasteiger partial charge in [0.1, 0.15) is 5.75 Å². The van der Waals surface area contributed by atoms with Gasteiger partial charge in [-0.15, -0.1) is 0 Å². The van der Waals surface area contributed by atoms with Gasteiger partial charge in [-0.1, -0.05) is 41.9 Å². The normalized spacial score (nSPS) is 11.4. The average molecular weight is 423 g/mol. The first-order valence-electron chi connectivity index (χ1n) is 9.66. The van der Waals surface area contributed by atoms with Crippen LogP contribution in [-0.4, -0.2) is 17.9 Å². The van der Waals surface area contributed by atoms with E-state index in [1.165, 1.54) is 0 Å². The lowest BCUT2D eigenvalue weighted by Crippen LogP contribution is -2.30. The molecule has 3 aromatic carbocycles. The number of hydrogen-bond acceptors (Lipinski definition) is 3. The Balaban J connectivity index is 1.46. The lowest BCUT2D eigenvalue weighted by molar-refractivity contribution is -0.122. The topological polar surface area (TPSA) is 67.4 Å². The number of aryl methyl sites for hydroxylation is 1. The van der Waals surface area contributed by atoms with Gasteiger partial charge in [-0.25, -0.2) is 0 Å². The molecule has 0 spiro atoms. The number of benzene rings is 3. The van der Waals surface area contributed by atoms with Gasteiger partial charge in [-0.2, -0.15) is 0 Å². The summed E-state index contributed by atoms with van der Waals surface area (Å²) in [6.45, 7) is 1.67. The first-order valence-corrected chi connectivity index (χ1v) is 10.0. The Morgan fingerprint density at radius 3 is 2.10 bits per heavy atom. The zero-order valence-corrected chi connectivity index (χ0v) is 17.4. The van der Waals surface area contributed by atoms with Gasteiger partial charge in [-0.3, -0.25) is 9.59 Å². The minimum Gasteiger partial charge on any atom is -0.481 e. The van der Waals surface area contributed by atoms with Crippen LogP contribution in [0.1, 0.15) is 18.9 Å². The molecule has 0 aromatic heterocycles. The Kier molecular flexibility index (Phi) is 7.46. The van der Waals surface area contributed by atoms with E-state index < -0.39 is 6.10 Å². The highest BCUT2D eigenvalue weighted by Crippen LogP contribution is 2.18. The number of ether oxygens (including phenoxy) is 1. The number of carbonyl (C=O) groups excluding carboxylic acids is 2. The predicted molar refractivity (Wildman–Crippen MR) is 120 cm³/mol. The molecular weight excluding hydrogens is 400 g/mol. The summed E-state index contributed by atoms with van der Waals surface area (Å²) in [5.74, 6) is 0.237. The highest BCUT2D eigenvalue weighted by Gasteiger charge is 2.15. The monoisotopic (exact) mass is 422 g/mol. The predicted octanol–water partition coefficient (Wildman–Crippen LogP) is 5.32. The van der Waals surface area contributed by atoms with Crippen molar-refractivity contribution >= 4 is 34.8 Å². The second kappa shape index (κ2) is 10.5. The third-order valence-corrected chi connectivity index (χ3v) is 4.67. The first-order chi connectivity index (χ1) is 14.5. The fourth-order valence-electron chi connectivity index (χ4n) is 2.78. The summed E-state index contributed by atoms with van der Waals surface area (Å²) in [6.07, 6.45) is 0.414. The molecule has 3 rings (SSSR count). The van der Waals surface area contributed by atoms with Crippen LogP contribution in [-0.2, 0) is 16.0 Å². The SMILES string of the molecule is CC(Oc1ccc(Cl)cc1)C(=O)Nc1ccc(NC(=O)CCc2ccccc2)cc1. The van der Waals surface area contributed by atoms with Crippen molar-refractivity contribution in [3.63, 3.8) is 0 Å². The van der Waals surface area contributed by atoms with Crippen LogP contribution in [0.5, 0.6) is 5.75 Å². The molecule has 0 bridgehead atoms.